The van der Waals surface area contributed by atoms with Gasteiger partial charge in [0.1, 0.15) is 0 Å². The van der Waals surface area contributed by atoms with Crippen LogP contribution in [0.5, 0.6) is 0 Å². The number of nitrogens with two attached hydrogens (primary N) is 2. The molecule has 8 nitrogen and oxygen atoms in total. The minimum Gasteiger partial charge on any atom is -0.481 e. The highest BCUT2D eigenvalue weighted by Crippen LogP contribution is 1.95. The average molecular weight is 222 g/mol. The standard InChI is InChI=1S/C5H9NO4.C2H5NO2/c6-10-5(9)3-1-2-4(7)8;3-1-2(4)5/h1-3,6H2,(H,7,8);1,3H2,(H,4,5). The second-order valence-corrected chi connectivity index (χ2v) is 2.34. The summed E-state index contributed by atoms with van der Waals surface area (Å²) in [4.78, 5) is 33.2. The summed E-state index contributed by atoms with van der Waals surface area (Å²) >= 11 is 0. The van der Waals surface area contributed by atoms with Gasteiger partial charge in [-0.3, -0.25) is 14.4 Å². The third kappa shape index (κ3) is 19.0. The van der Waals surface area contributed by atoms with Gasteiger partial charge in [-0.15, -0.1) is 0 Å². The molecular weight excluding hydrogens is 208 g/mol. The van der Waals surface area contributed by atoms with E-state index in [9.17, 15) is 14.4 Å². The first-order chi connectivity index (χ1) is 6.93. The van der Waals surface area contributed by atoms with Crippen molar-refractivity contribution in [3.8, 4) is 0 Å². The Morgan fingerprint density at radius 3 is 1.80 bits per heavy atom. The number of hydrogen-bond acceptors (Lipinski definition) is 6. The van der Waals surface area contributed by atoms with Crippen molar-refractivity contribution in [1.82, 2.24) is 0 Å². The molecule has 0 saturated carbocycles. The van der Waals surface area contributed by atoms with Gasteiger partial charge in [-0.25, -0.2) is 0 Å². The minimum absolute atomic E-state index is 0.0326. The normalized spacial score (nSPS) is 8.40. The molecule has 0 aromatic heterocycles. The fraction of sp³-hybridized carbons (Fsp3) is 0.571. The van der Waals surface area contributed by atoms with Gasteiger partial charge in [0.2, 0.25) is 0 Å². The zero-order valence-corrected chi connectivity index (χ0v) is 8.01. The van der Waals surface area contributed by atoms with Crippen LogP contribution >= 0.6 is 0 Å². The van der Waals surface area contributed by atoms with E-state index < -0.39 is 17.9 Å². The van der Waals surface area contributed by atoms with Crippen molar-refractivity contribution in [3.05, 3.63) is 0 Å². The van der Waals surface area contributed by atoms with E-state index in [1.807, 2.05) is 0 Å². The molecule has 0 rings (SSSR count). The highest BCUT2D eigenvalue weighted by molar-refractivity contribution is 5.71. The molecule has 0 radical (unpaired) electrons. The SMILES string of the molecule is NCC(=O)O.NOC(=O)CCCC(=O)O. The highest BCUT2D eigenvalue weighted by atomic mass is 16.7. The van der Waals surface area contributed by atoms with Gasteiger partial charge >= 0.3 is 17.9 Å². The quantitative estimate of drug-likeness (QED) is 0.418. The van der Waals surface area contributed by atoms with Gasteiger partial charge in [0.05, 0.1) is 6.54 Å². The first kappa shape index (κ1) is 15.8. The molecule has 0 atom stereocenters. The Labute approximate surface area is 85.8 Å². The Bertz CT molecular complexity index is 218. The summed E-state index contributed by atoms with van der Waals surface area (Å²) in [6, 6.07) is 0. The molecule has 88 valence electrons. The molecule has 0 aliphatic rings. The summed E-state index contributed by atoms with van der Waals surface area (Å²) in [7, 11) is 0. The minimum atomic E-state index is -0.968. The molecular formula is C7H14N2O6. The molecule has 15 heavy (non-hydrogen) atoms. The second-order valence-electron chi connectivity index (χ2n) is 2.34. The van der Waals surface area contributed by atoms with Gasteiger partial charge in [-0.2, -0.15) is 5.90 Å². The van der Waals surface area contributed by atoms with Crippen LogP contribution in [-0.2, 0) is 19.2 Å². The molecule has 0 fully saturated rings. The maximum atomic E-state index is 10.3. The Balaban J connectivity index is 0. The largest absolute Gasteiger partial charge is 0.481 e. The van der Waals surface area contributed by atoms with E-state index >= 15 is 0 Å². The van der Waals surface area contributed by atoms with Crippen molar-refractivity contribution in [2.45, 2.75) is 19.3 Å². The summed E-state index contributed by atoms with van der Waals surface area (Å²) < 4.78 is 0. The van der Waals surface area contributed by atoms with Crippen molar-refractivity contribution in [1.29, 1.82) is 0 Å². The zero-order chi connectivity index (χ0) is 12.3. The molecule has 0 aliphatic carbocycles. The van der Waals surface area contributed by atoms with Gasteiger partial charge in [-0.05, 0) is 6.42 Å². The van der Waals surface area contributed by atoms with Gasteiger partial charge in [0.25, 0.3) is 0 Å². The molecule has 8 heteroatoms. The lowest BCUT2D eigenvalue weighted by Gasteiger charge is -1.94. The number of carboxylic acids is 2. The molecule has 0 aliphatic heterocycles. The summed E-state index contributed by atoms with van der Waals surface area (Å²) in [5.74, 6) is 2.02. The van der Waals surface area contributed by atoms with Crippen LogP contribution in [0, 0.1) is 0 Å². The van der Waals surface area contributed by atoms with Crippen LogP contribution < -0.4 is 11.6 Å². The van der Waals surface area contributed by atoms with Crippen molar-refractivity contribution < 1.29 is 29.4 Å². The fourth-order valence-electron chi connectivity index (χ4n) is 0.443. The lowest BCUT2D eigenvalue weighted by Crippen LogP contribution is -2.10. The van der Waals surface area contributed by atoms with E-state index in [0.717, 1.165) is 0 Å². The van der Waals surface area contributed by atoms with E-state index in [0.29, 0.717) is 0 Å². The predicted octanol–water partition coefficient (Wildman–Crippen LogP) is -1.31. The lowest BCUT2D eigenvalue weighted by molar-refractivity contribution is -0.144. The van der Waals surface area contributed by atoms with Crippen molar-refractivity contribution in [3.63, 3.8) is 0 Å². The Morgan fingerprint density at radius 2 is 1.53 bits per heavy atom. The van der Waals surface area contributed by atoms with E-state index in [1.165, 1.54) is 0 Å². The Kier molecular flexibility index (Phi) is 11.0. The Morgan fingerprint density at radius 1 is 1.07 bits per heavy atom. The van der Waals surface area contributed by atoms with Gasteiger partial charge in [0.15, 0.2) is 0 Å². The molecule has 0 saturated heterocycles. The molecule has 0 spiro atoms. The number of rotatable bonds is 5. The molecule has 6 N–H and O–H groups in total. The smallest absolute Gasteiger partial charge is 0.324 e. The van der Waals surface area contributed by atoms with E-state index in [-0.39, 0.29) is 25.8 Å². The van der Waals surface area contributed by atoms with Gasteiger partial charge in [-0.1, -0.05) is 0 Å². The monoisotopic (exact) mass is 222 g/mol. The molecule has 0 unspecified atom stereocenters. The molecule has 0 aromatic carbocycles. The highest BCUT2D eigenvalue weighted by Gasteiger charge is 2.02. The van der Waals surface area contributed by atoms with Crippen LogP contribution in [0.1, 0.15) is 19.3 Å². The van der Waals surface area contributed by atoms with Crippen LogP contribution in [0.15, 0.2) is 0 Å². The van der Waals surface area contributed by atoms with E-state index in [1.54, 1.807) is 0 Å². The molecule has 0 heterocycles. The van der Waals surface area contributed by atoms with Gasteiger partial charge < -0.3 is 20.8 Å². The van der Waals surface area contributed by atoms with Crippen LogP contribution in [0.4, 0.5) is 0 Å². The predicted molar refractivity (Wildman–Crippen MR) is 48.5 cm³/mol. The van der Waals surface area contributed by atoms with Crippen molar-refractivity contribution in [2.75, 3.05) is 6.54 Å². The summed E-state index contributed by atoms with van der Waals surface area (Å²) in [6.45, 7) is -0.278. The average Bonchev–Trinajstić information content (AvgIpc) is 2.17. The summed E-state index contributed by atoms with van der Waals surface area (Å²) in [5, 5.41) is 15.7. The number of carbonyl (C=O) groups is 3. The second kappa shape index (κ2) is 10.4. The maximum Gasteiger partial charge on any atom is 0.324 e. The molecule has 0 amide bonds. The van der Waals surface area contributed by atoms with Crippen LogP contribution in [-0.4, -0.2) is 34.7 Å². The van der Waals surface area contributed by atoms with Crippen LogP contribution in [0.25, 0.3) is 0 Å². The number of carbonyl (C=O) groups excluding carboxylic acids is 1. The zero-order valence-electron chi connectivity index (χ0n) is 8.01. The maximum absolute atomic E-state index is 10.3. The third-order valence-electron chi connectivity index (χ3n) is 1.08. The molecule has 0 bridgehead atoms. The summed E-state index contributed by atoms with van der Waals surface area (Å²) in [6.07, 6.45) is 0.295. The lowest BCUT2D eigenvalue weighted by atomic mass is 10.2. The molecule has 0 aromatic rings. The van der Waals surface area contributed by atoms with Crippen LogP contribution in [0.2, 0.25) is 0 Å². The van der Waals surface area contributed by atoms with Gasteiger partial charge in [0, 0.05) is 12.8 Å². The number of hydrogen-bond donors (Lipinski definition) is 4. The number of aliphatic carboxylic acids is 2. The van der Waals surface area contributed by atoms with E-state index in [2.05, 4.69) is 16.5 Å². The van der Waals surface area contributed by atoms with E-state index in [4.69, 9.17) is 10.2 Å². The van der Waals surface area contributed by atoms with Crippen molar-refractivity contribution >= 4 is 17.9 Å². The first-order valence-electron chi connectivity index (χ1n) is 3.97. The first-order valence-corrected chi connectivity index (χ1v) is 3.97. The number of carboxylic acid groups (broad SMARTS) is 2. The Hall–Kier alpha value is -1.67. The third-order valence-corrected chi connectivity index (χ3v) is 1.08. The van der Waals surface area contributed by atoms with Crippen LogP contribution in [0.3, 0.4) is 0 Å². The summed E-state index contributed by atoms with van der Waals surface area (Å²) in [5.41, 5.74) is 4.57. The fourth-order valence-corrected chi connectivity index (χ4v) is 0.443. The van der Waals surface area contributed by atoms with Crippen molar-refractivity contribution in [2.24, 2.45) is 11.6 Å². The topological polar surface area (TPSA) is 153 Å².